The molecule has 0 radical (unpaired) electrons. The van der Waals surface area contributed by atoms with Crippen molar-refractivity contribution in [2.45, 2.75) is 32.1 Å². The van der Waals surface area contributed by atoms with E-state index in [4.69, 9.17) is 0 Å². The van der Waals surface area contributed by atoms with E-state index in [9.17, 15) is 0 Å². The summed E-state index contributed by atoms with van der Waals surface area (Å²) in [7, 11) is 0. The Morgan fingerprint density at radius 2 is 1.80 bits per heavy atom. The fourth-order valence-corrected chi connectivity index (χ4v) is 2.73. The minimum atomic E-state index is 0.748. The van der Waals surface area contributed by atoms with Crippen LogP contribution < -0.4 is 0 Å². The first-order chi connectivity index (χ1) is 7.34. The van der Waals surface area contributed by atoms with E-state index in [-0.39, 0.29) is 0 Å². The molecule has 1 unspecified atom stereocenters. The maximum atomic E-state index is 2.40. The Kier molecular flexibility index (Phi) is 2.02. The molecule has 0 heteroatoms. The summed E-state index contributed by atoms with van der Waals surface area (Å²) in [6, 6.07) is 13.5. The van der Waals surface area contributed by atoms with Gasteiger partial charge in [-0.15, -0.1) is 0 Å². The van der Waals surface area contributed by atoms with Gasteiger partial charge in [-0.1, -0.05) is 43.3 Å². The van der Waals surface area contributed by atoms with Crippen LogP contribution in [0.5, 0.6) is 0 Å². The van der Waals surface area contributed by atoms with Crippen molar-refractivity contribution < 1.29 is 0 Å². The molecule has 0 aromatic heterocycles. The molecule has 0 N–H and O–H groups in total. The van der Waals surface area contributed by atoms with Crippen molar-refractivity contribution in [2.75, 3.05) is 0 Å². The summed E-state index contributed by atoms with van der Waals surface area (Å²) >= 11 is 0. The van der Waals surface area contributed by atoms with E-state index in [0.717, 1.165) is 5.92 Å². The standard InChI is InChI=1S/C15H16/c1-11-5-4-8-14-9-12-6-2-3-7-13(12)10-15(11)14/h2-3,6-7,9-11H,4-5,8H2,1H3. The van der Waals surface area contributed by atoms with Crippen molar-refractivity contribution in [2.24, 2.45) is 0 Å². The highest BCUT2D eigenvalue weighted by atomic mass is 14.2. The number of aryl methyl sites for hydroxylation is 1. The van der Waals surface area contributed by atoms with Crippen LogP contribution in [0.15, 0.2) is 36.4 Å². The van der Waals surface area contributed by atoms with Gasteiger partial charge in [0.05, 0.1) is 0 Å². The van der Waals surface area contributed by atoms with Gasteiger partial charge in [0.2, 0.25) is 0 Å². The molecule has 3 rings (SSSR count). The number of fused-ring (bicyclic) bond motifs is 2. The molecule has 1 aliphatic carbocycles. The fourth-order valence-electron chi connectivity index (χ4n) is 2.73. The van der Waals surface area contributed by atoms with Crippen LogP contribution in [0.1, 0.15) is 36.8 Å². The Morgan fingerprint density at radius 1 is 1.07 bits per heavy atom. The number of hydrogen-bond acceptors (Lipinski definition) is 0. The van der Waals surface area contributed by atoms with Crippen LogP contribution in [-0.4, -0.2) is 0 Å². The van der Waals surface area contributed by atoms with Gasteiger partial charge < -0.3 is 0 Å². The first kappa shape index (κ1) is 8.96. The monoisotopic (exact) mass is 196 g/mol. The summed E-state index contributed by atoms with van der Waals surface area (Å²) in [5.41, 5.74) is 3.16. The van der Waals surface area contributed by atoms with Gasteiger partial charge in [0, 0.05) is 0 Å². The van der Waals surface area contributed by atoms with Gasteiger partial charge in [-0.25, -0.2) is 0 Å². The largest absolute Gasteiger partial charge is 0.0616 e. The molecule has 0 fully saturated rings. The van der Waals surface area contributed by atoms with Gasteiger partial charge in [0.15, 0.2) is 0 Å². The number of rotatable bonds is 0. The van der Waals surface area contributed by atoms with Crippen molar-refractivity contribution in [3.8, 4) is 0 Å². The molecule has 0 nitrogen and oxygen atoms in total. The van der Waals surface area contributed by atoms with E-state index in [1.54, 1.807) is 11.1 Å². The van der Waals surface area contributed by atoms with E-state index in [1.165, 1.54) is 30.0 Å². The summed E-state index contributed by atoms with van der Waals surface area (Å²) < 4.78 is 0. The highest BCUT2D eigenvalue weighted by molar-refractivity contribution is 5.84. The minimum absolute atomic E-state index is 0.748. The predicted octanol–water partition coefficient (Wildman–Crippen LogP) is 4.28. The SMILES string of the molecule is CC1CCCc2cc3ccccc3cc21. The van der Waals surface area contributed by atoms with Crippen LogP contribution in [0.4, 0.5) is 0 Å². The summed E-state index contributed by atoms with van der Waals surface area (Å²) in [6.07, 6.45) is 3.97. The molecule has 0 amide bonds. The molecule has 2 aromatic carbocycles. The summed E-state index contributed by atoms with van der Waals surface area (Å²) in [5.74, 6) is 0.748. The number of benzene rings is 2. The fraction of sp³-hybridized carbons (Fsp3) is 0.333. The molecule has 15 heavy (non-hydrogen) atoms. The van der Waals surface area contributed by atoms with Crippen LogP contribution in [0.3, 0.4) is 0 Å². The second-order valence-electron chi connectivity index (χ2n) is 4.69. The molecule has 76 valence electrons. The first-order valence-electron chi connectivity index (χ1n) is 5.86. The third kappa shape index (κ3) is 1.45. The molecule has 0 saturated heterocycles. The van der Waals surface area contributed by atoms with Gasteiger partial charge in [-0.2, -0.15) is 0 Å². The van der Waals surface area contributed by atoms with Gasteiger partial charge in [0.25, 0.3) is 0 Å². The topological polar surface area (TPSA) is 0 Å². The smallest absolute Gasteiger partial charge is 0.0181 e. The lowest BCUT2D eigenvalue weighted by molar-refractivity contribution is 0.591. The lowest BCUT2D eigenvalue weighted by Crippen LogP contribution is -2.06. The highest BCUT2D eigenvalue weighted by Gasteiger charge is 2.16. The Labute approximate surface area is 90.9 Å². The van der Waals surface area contributed by atoms with Crippen LogP contribution in [-0.2, 0) is 6.42 Å². The quantitative estimate of drug-likeness (QED) is 0.590. The third-order valence-electron chi connectivity index (χ3n) is 3.62. The zero-order valence-electron chi connectivity index (χ0n) is 9.16. The molecular weight excluding hydrogens is 180 g/mol. The van der Waals surface area contributed by atoms with E-state index < -0.39 is 0 Å². The minimum Gasteiger partial charge on any atom is -0.0616 e. The average molecular weight is 196 g/mol. The zero-order valence-corrected chi connectivity index (χ0v) is 9.16. The summed E-state index contributed by atoms with van der Waals surface area (Å²) in [5, 5.41) is 2.79. The molecule has 2 aromatic rings. The molecule has 0 spiro atoms. The molecule has 1 aliphatic rings. The second kappa shape index (κ2) is 3.37. The Balaban J connectivity index is 2.27. The van der Waals surface area contributed by atoms with E-state index in [2.05, 4.69) is 43.3 Å². The molecule has 1 atom stereocenters. The summed E-state index contributed by atoms with van der Waals surface area (Å²) in [4.78, 5) is 0. The second-order valence-corrected chi connectivity index (χ2v) is 4.69. The molecular formula is C15H16. The molecule has 0 saturated carbocycles. The van der Waals surface area contributed by atoms with E-state index in [1.807, 2.05) is 0 Å². The van der Waals surface area contributed by atoms with E-state index >= 15 is 0 Å². The third-order valence-corrected chi connectivity index (χ3v) is 3.62. The van der Waals surface area contributed by atoms with Crippen LogP contribution in [0.25, 0.3) is 10.8 Å². The predicted molar refractivity (Wildman–Crippen MR) is 65.3 cm³/mol. The average Bonchev–Trinajstić information content (AvgIpc) is 2.27. The van der Waals surface area contributed by atoms with Gasteiger partial charge >= 0.3 is 0 Å². The Morgan fingerprint density at radius 3 is 2.60 bits per heavy atom. The zero-order chi connectivity index (χ0) is 10.3. The Bertz CT molecular complexity index is 496. The number of hydrogen-bond donors (Lipinski definition) is 0. The maximum Gasteiger partial charge on any atom is -0.0181 e. The van der Waals surface area contributed by atoms with Crippen molar-refractivity contribution in [3.63, 3.8) is 0 Å². The van der Waals surface area contributed by atoms with Crippen molar-refractivity contribution >= 4 is 10.8 Å². The van der Waals surface area contributed by atoms with Gasteiger partial charge in [-0.05, 0) is 47.1 Å². The normalized spacial score (nSPS) is 20.2. The maximum absolute atomic E-state index is 2.40. The highest BCUT2D eigenvalue weighted by Crippen LogP contribution is 2.33. The lowest BCUT2D eigenvalue weighted by Gasteiger charge is -2.22. The lowest BCUT2D eigenvalue weighted by atomic mass is 9.82. The van der Waals surface area contributed by atoms with Crippen LogP contribution in [0.2, 0.25) is 0 Å². The van der Waals surface area contributed by atoms with Gasteiger partial charge in [-0.3, -0.25) is 0 Å². The van der Waals surface area contributed by atoms with Crippen LogP contribution >= 0.6 is 0 Å². The summed E-state index contributed by atoms with van der Waals surface area (Å²) in [6.45, 7) is 2.35. The van der Waals surface area contributed by atoms with Crippen molar-refractivity contribution in [1.82, 2.24) is 0 Å². The first-order valence-corrected chi connectivity index (χ1v) is 5.86. The molecule has 0 bridgehead atoms. The van der Waals surface area contributed by atoms with Crippen molar-refractivity contribution in [3.05, 3.63) is 47.5 Å². The van der Waals surface area contributed by atoms with Crippen LogP contribution in [0, 0.1) is 0 Å². The molecule has 0 heterocycles. The Hall–Kier alpha value is -1.30. The molecule has 0 aliphatic heterocycles. The van der Waals surface area contributed by atoms with Crippen molar-refractivity contribution in [1.29, 1.82) is 0 Å². The van der Waals surface area contributed by atoms with Gasteiger partial charge in [0.1, 0.15) is 0 Å². The van der Waals surface area contributed by atoms with E-state index in [0.29, 0.717) is 0 Å².